The lowest BCUT2D eigenvalue weighted by molar-refractivity contribution is -0.119. The highest BCUT2D eigenvalue weighted by molar-refractivity contribution is 5.74. The molecular weight excluding hydrogens is 216 g/mol. The average Bonchev–Trinajstić information content (AvgIpc) is 2.39. The molecule has 0 unspecified atom stereocenters. The maximum atomic E-state index is 10.9. The van der Waals surface area contributed by atoms with Gasteiger partial charge in [0.2, 0.25) is 5.91 Å². The smallest absolute Gasteiger partial charge is 0.219 e. The first kappa shape index (κ1) is 14.5. The van der Waals surface area contributed by atoms with Crippen LogP contribution in [0.4, 0.5) is 0 Å². The fraction of sp³-hybridized carbons (Fsp3) is 0.923. The lowest BCUT2D eigenvalue weighted by atomic mass is 9.92. The van der Waals surface area contributed by atoms with E-state index in [9.17, 15) is 9.90 Å². The standard InChI is InChI=1S/C13H26N2O2/c1-12(2,9-11(14)16)15-10-13(17)7-5-3-4-6-8-13/h15,17H,3-10H2,1-2H3,(H2,14,16). The highest BCUT2D eigenvalue weighted by Gasteiger charge is 2.30. The zero-order valence-electron chi connectivity index (χ0n) is 11.1. The number of carbonyl (C=O) groups is 1. The summed E-state index contributed by atoms with van der Waals surface area (Å²) in [6.45, 7) is 4.43. The van der Waals surface area contributed by atoms with Crippen molar-refractivity contribution in [2.45, 2.75) is 69.9 Å². The number of nitrogens with one attached hydrogen (secondary N) is 1. The van der Waals surface area contributed by atoms with Gasteiger partial charge in [-0.1, -0.05) is 25.7 Å². The van der Waals surface area contributed by atoms with E-state index in [1.807, 2.05) is 13.8 Å². The Hall–Kier alpha value is -0.610. The van der Waals surface area contributed by atoms with Gasteiger partial charge in [-0.15, -0.1) is 0 Å². The van der Waals surface area contributed by atoms with E-state index in [4.69, 9.17) is 5.73 Å². The molecule has 0 saturated heterocycles. The van der Waals surface area contributed by atoms with Gasteiger partial charge in [-0.2, -0.15) is 0 Å². The molecule has 0 spiro atoms. The molecule has 4 N–H and O–H groups in total. The topological polar surface area (TPSA) is 75.4 Å². The molecule has 1 aliphatic carbocycles. The molecule has 1 fully saturated rings. The fourth-order valence-electron chi connectivity index (χ4n) is 2.47. The van der Waals surface area contributed by atoms with Gasteiger partial charge in [0.1, 0.15) is 0 Å². The van der Waals surface area contributed by atoms with Crippen molar-refractivity contribution in [3.05, 3.63) is 0 Å². The summed E-state index contributed by atoms with van der Waals surface area (Å²) in [5.74, 6) is -0.310. The molecule has 4 nitrogen and oxygen atoms in total. The van der Waals surface area contributed by atoms with Gasteiger partial charge in [-0.25, -0.2) is 0 Å². The molecule has 1 amide bonds. The van der Waals surface area contributed by atoms with E-state index in [0.717, 1.165) is 25.7 Å². The number of carbonyl (C=O) groups excluding carboxylic acids is 1. The van der Waals surface area contributed by atoms with Crippen molar-refractivity contribution in [1.82, 2.24) is 5.32 Å². The Labute approximate surface area is 104 Å². The Morgan fingerprint density at radius 2 is 1.82 bits per heavy atom. The summed E-state index contributed by atoms with van der Waals surface area (Å²) in [6.07, 6.45) is 6.62. The third kappa shape index (κ3) is 5.50. The average molecular weight is 242 g/mol. The molecule has 1 saturated carbocycles. The highest BCUT2D eigenvalue weighted by Crippen LogP contribution is 2.27. The summed E-state index contributed by atoms with van der Waals surface area (Å²) in [5, 5.41) is 13.7. The van der Waals surface area contributed by atoms with Crippen LogP contribution in [0.1, 0.15) is 58.8 Å². The molecule has 0 aromatic rings. The molecule has 0 radical (unpaired) electrons. The summed E-state index contributed by atoms with van der Waals surface area (Å²) in [4.78, 5) is 10.9. The second-order valence-corrected chi connectivity index (χ2v) is 6.02. The van der Waals surface area contributed by atoms with E-state index in [1.165, 1.54) is 12.8 Å². The third-order valence-corrected chi connectivity index (χ3v) is 3.55. The normalized spacial score (nSPS) is 20.9. The number of β-amino-alcohol motifs (C(OH)–C–C–N with tert-alkyl or cyclic N) is 1. The number of aliphatic hydroxyl groups is 1. The molecule has 17 heavy (non-hydrogen) atoms. The van der Waals surface area contributed by atoms with Crippen molar-refractivity contribution >= 4 is 5.91 Å². The number of amides is 1. The van der Waals surface area contributed by atoms with Gasteiger partial charge in [0, 0.05) is 18.5 Å². The first-order valence-electron chi connectivity index (χ1n) is 6.59. The number of hydrogen-bond donors (Lipinski definition) is 3. The molecule has 100 valence electrons. The quantitative estimate of drug-likeness (QED) is 0.636. The molecular formula is C13H26N2O2. The molecule has 1 aliphatic rings. The van der Waals surface area contributed by atoms with Crippen LogP contribution in [-0.4, -0.2) is 28.7 Å². The summed E-state index contributed by atoms with van der Waals surface area (Å²) in [7, 11) is 0. The van der Waals surface area contributed by atoms with Gasteiger partial charge in [0.25, 0.3) is 0 Å². The van der Waals surface area contributed by atoms with Crippen molar-refractivity contribution in [3.8, 4) is 0 Å². The first-order valence-corrected chi connectivity index (χ1v) is 6.59. The number of hydrogen-bond acceptors (Lipinski definition) is 3. The van der Waals surface area contributed by atoms with Crippen molar-refractivity contribution < 1.29 is 9.90 Å². The molecule has 0 atom stereocenters. The largest absolute Gasteiger partial charge is 0.389 e. The Kier molecular flexibility index (Phi) is 4.95. The van der Waals surface area contributed by atoms with Crippen molar-refractivity contribution in [1.29, 1.82) is 0 Å². The van der Waals surface area contributed by atoms with Crippen LogP contribution in [0.5, 0.6) is 0 Å². The van der Waals surface area contributed by atoms with E-state index in [0.29, 0.717) is 13.0 Å². The van der Waals surface area contributed by atoms with Crippen LogP contribution in [0.15, 0.2) is 0 Å². The zero-order valence-corrected chi connectivity index (χ0v) is 11.1. The summed E-state index contributed by atoms with van der Waals surface area (Å²) < 4.78 is 0. The minimum atomic E-state index is -0.606. The number of rotatable bonds is 5. The first-order chi connectivity index (χ1) is 7.83. The Morgan fingerprint density at radius 3 is 2.29 bits per heavy atom. The lowest BCUT2D eigenvalue weighted by Gasteiger charge is -2.33. The van der Waals surface area contributed by atoms with Gasteiger partial charge in [0.05, 0.1) is 5.60 Å². The van der Waals surface area contributed by atoms with Crippen molar-refractivity contribution in [2.75, 3.05) is 6.54 Å². The summed E-state index contributed by atoms with van der Waals surface area (Å²) in [5.41, 5.74) is 4.26. The van der Waals surface area contributed by atoms with Crippen LogP contribution < -0.4 is 11.1 Å². The van der Waals surface area contributed by atoms with E-state index in [2.05, 4.69) is 5.32 Å². The van der Waals surface area contributed by atoms with E-state index >= 15 is 0 Å². The molecule has 0 heterocycles. The lowest BCUT2D eigenvalue weighted by Crippen LogP contribution is -2.50. The summed E-state index contributed by atoms with van der Waals surface area (Å²) in [6, 6.07) is 0. The number of primary amides is 1. The minimum absolute atomic E-state index is 0.295. The zero-order chi connectivity index (χ0) is 12.9. The molecule has 4 heteroatoms. The van der Waals surface area contributed by atoms with Gasteiger partial charge >= 0.3 is 0 Å². The Bertz CT molecular complexity index is 256. The van der Waals surface area contributed by atoms with Gasteiger partial charge in [0.15, 0.2) is 0 Å². The van der Waals surface area contributed by atoms with Crippen molar-refractivity contribution in [2.24, 2.45) is 5.73 Å². The SMILES string of the molecule is CC(C)(CC(N)=O)NCC1(O)CCCCCC1. The van der Waals surface area contributed by atoms with Crippen LogP contribution in [-0.2, 0) is 4.79 Å². The molecule has 0 aromatic carbocycles. The van der Waals surface area contributed by atoms with E-state index < -0.39 is 5.60 Å². The van der Waals surface area contributed by atoms with Crippen LogP contribution in [0.25, 0.3) is 0 Å². The van der Waals surface area contributed by atoms with Crippen LogP contribution in [0, 0.1) is 0 Å². The predicted octanol–water partition coefficient (Wildman–Crippen LogP) is 1.32. The Morgan fingerprint density at radius 1 is 1.29 bits per heavy atom. The number of nitrogens with two attached hydrogens (primary N) is 1. The monoisotopic (exact) mass is 242 g/mol. The highest BCUT2D eigenvalue weighted by atomic mass is 16.3. The second kappa shape index (κ2) is 5.83. The van der Waals surface area contributed by atoms with Crippen LogP contribution in [0.3, 0.4) is 0 Å². The van der Waals surface area contributed by atoms with Gasteiger partial charge < -0.3 is 16.2 Å². The Balaban J connectivity index is 2.44. The fourth-order valence-corrected chi connectivity index (χ4v) is 2.47. The van der Waals surface area contributed by atoms with Crippen LogP contribution in [0.2, 0.25) is 0 Å². The molecule has 0 aromatic heterocycles. The summed E-state index contributed by atoms with van der Waals surface area (Å²) >= 11 is 0. The minimum Gasteiger partial charge on any atom is -0.389 e. The van der Waals surface area contributed by atoms with Gasteiger partial charge in [-0.05, 0) is 26.7 Å². The van der Waals surface area contributed by atoms with E-state index in [1.54, 1.807) is 0 Å². The molecule has 1 rings (SSSR count). The van der Waals surface area contributed by atoms with Gasteiger partial charge in [-0.3, -0.25) is 4.79 Å². The van der Waals surface area contributed by atoms with Crippen LogP contribution >= 0.6 is 0 Å². The third-order valence-electron chi connectivity index (χ3n) is 3.55. The second-order valence-electron chi connectivity index (χ2n) is 6.02. The van der Waals surface area contributed by atoms with E-state index in [-0.39, 0.29) is 11.4 Å². The molecule has 0 aliphatic heterocycles. The van der Waals surface area contributed by atoms with Crippen molar-refractivity contribution in [3.63, 3.8) is 0 Å². The maximum absolute atomic E-state index is 10.9. The maximum Gasteiger partial charge on any atom is 0.219 e. The predicted molar refractivity (Wildman–Crippen MR) is 68.5 cm³/mol. The molecule has 0 bridgehead atoms.